The van der Waals surface area contributed by atoms with E-state index >= 15 is 0 Å². The third kappa shape index (κ3) is 6.38. The van der Waals surface area contributed by atoms with Gasteiger partial charge in [-0.25, -0.2) is 0 Å². The van der Waals surface area contributed by atoms with Gasteiger partial charge in [0.1, 0.15) is 6.54 Å². The number of carbonyl (C=O) groups is 2. The Morgan fingerprint density at radius 1 is 1.21 bits per heavy atom. The largest absolute Gasteiger partial charge is 0.346 e. The van der Waals surface area contributed by atoms with Crippen LogP contribution in [-0.4, -0.2) is 34.4 Å². The minimum absolute atomic E-state index is 0.0973. The van der Waals surface area contributed by atoms with Crippen molar-refractivity contribution in [3.8, 4) is 6.07 Å². The second-order valence-electron chi connectivity index (χ2n) is 7.47. The summed E-state index contributed by atoms with van der Waals surface area (Å²) in [5, 5.41) is 13.4. The molecule has 0 bridgehead atoms. The fourth-order valence-corrected chi connectivity index (χ4v) is 3.98. The summed E-state index contributed by atoms with van der Waals surface area (Å²) in [7, 11) is 0. The quantitative estimate of drug-likeness (QED) is 0.394. The maximum absolute atomic E-state index is 12.9. The van der Waals surface area contributed by atoms with Crippen LogP contribution >= 0.6 is 23.2 Å². The number of hydrogen-bond donors (Lipinski definition) is 1. The van der Waals surface area contributed by atoms with Crippen LogP contribution in [-0.2, 0) is 16.1 Å². The molecule has 0 radical (unpaired) electrons. The van der Waals surface area contributed by atoms with Gasteiger partial charge in [0.2, 0.25) is 11.8 Å². The van der Waals surface area contributed by atoms with E-state index in [4.69, 9.17) is 28.5 Å². The maximum Gasteiger partial charge on any atom is 0.247 e. The zero-order valence-corrected chi connectivity index (χ0v) is 19.7. The Morgan fingerprint density at radius 3 is 2.73 bits per heavy atom. The highest BCUT2D eigenvalue weighted by molar-refractivity contribution is 6.36. The summed E-state index contributed by atoms with van der Waals surface area (Å²) in [5.74, 6) is -0.606. The van der Waals surface area contributed by atoms with Gasteiger partial charge in [0.05, 0.1) is 23.2 Å². The fraction of sp³-hybridized carbons (Fsp3) is 0.240. The molecule has 2 aromatic carbocycles. The number of carbonyl (C=O) groups excluding carboxylic acids is 2. The molecule has 3 aromatic rings. The number of aryl methyl sites for hydroxylation is 1. The lowest BCUT2D eigenvalue weighted by molar-refractivity contribution is -0.130. The molecule has 0 atom stereocenters. The average Bonchev–Trinajstić information content (AvgIpc) is 3.15. The lowest BCUT2D eigenvalue weighted by atomic mass is 10.1. The summed E-state index contributed by atoms with van der Waals surface area (Å²) in [4.78, 5) is 26.9. The van der Waals surface area contributed by atoms with Gasteiger partial charge in [-0.05, 0) is 36.8 Å². The third-order valence-corrected chi connectivity index (χ3v) is 5.58. The first-order chi connectivity index (χ1) is 15.9. The van der Waals surface area contributed by atoms with Crippen LogP contribution in [0.2, 0.25) is 10.0 Å². The van der Waals surface area contributed by atoms with Crippen LogP contribution < -0.4 is 5.32 Å². The Hall–Kier alpha value is -3.27. The summed E-state index contributed by atoms with van der Waals surface area (Å²) >= 11 is 12.0. The van der Waals surface area contributed by atoms with Crippen LogP contribution in [0.4, 0.5) is 5.69 Å². The summed E-state index contributed by atoms with van der Waals surface area (Å²) < 4.78 is 2.01. The molecule has 2 amide bonds. The van der Waals surface area contributed by atoms with E-state index < -0.39 is 0 Å². The number of nitriles is 1. The van der Waals surface area contributed by atoms with Gasteiger partial charge in [-0.3, -0.25) is 9.59 Å². The maximum atomic E-state index is 12.9. The molecule has 3 rings (SSSR count). The molecule has 8 heteroatoms. The van der Waals surface area contributed by atoms with Crippen molar-refractivity contribution in [1.29, 1.82) is 5.26 Å². The first-order valence-electron chi connectivity index (χ1n) is 10.6. The predicted molar refractivity (Wildman–Crippen MR) is 133 cm³/mol. The van der Waals surface area contributed by atoms with E-state index in [-0.39, 0.29) is 18.4 Å². The highest BCUT2D eigenvalue weighted by atomic mass is 35.5. The van der Waals surface area contributed by atoms with E-state index in [2.05, 4.69) is 11.4 Å². The van der Waals surface area contributed by atoms with Gasteiger partial charge in [-0.2, -0.15) is 5.26 Å². The van der Waals surface area contributed by atoms with Gasteiger partial charge in [0, 0.05) is 46.9 Å². The number of nitrogens with zero attached hydrogens (tertiary/aromatic N) is 3. The molecular formula is C25H24Cl2N4O2. The van der Waals surface area contributed by atoms with Crippen molar-refractivity contribution in [2.75, 3.05) is 18.4 Å². The molecule has 0 saturated heterocycles. The summed E-state index contributed by atoms with van der Waals surface area (Å²) in [6, 6.07) is 14.8. The summed E-state index contributed by atoms with van der Waals surface area (Å²) in [6.45, 7) is 2.86. The summed E-state index contributed by atoms with van der Waals surface area (Å²) in [5.41, 5.74) is 2.32. The topological polar surface area (TPSA) is 78.1 Å². The highest BCUT2D eigenvalue weighted by Gasteiger charge is 2.16. The molecular weight excluding hydrogens is 459 g/mol. The van der Waals surface area contributed by atoms with Crippen LogP contribution in [0.15, 0.2) is 54.7 Å². The minimum Gasteiger partial charge on any atom is -0.346 e. The number of fused-ring (bicyclic) bond motifs is 1. The molecule has 0 unspecified atom stereocenters. The van der Waals surface area contributed by atoms with E-state index in [0.717, 1.165) is 16.5 Å². The van der Waals surface area contributed by atoms with Gasteiger partial charge in [-0.15, -0.1) is 0 Å². The molecule has 0 aliphatic heterocycles. The van der Waals surface area contributed by atoms with E-state index in [1.807, 2.05) is 42.0 Å². The van der Waals surface area contributed by atoms with Crippen molar-refractivity contribution < 1.29 is 9.59 Å². The normalized spacial score (nSPS) is 11.0. The Bertz CT molecular complexity index is 1230. The van der Waals surface area contributed by atoms with Gasteiger partial charge in [0.25, 0.3) is 0 Å². The highest BCUT2D eigenvalue weighted by Crippen LogP contribution is 2.25. The molecule has 0 fully saturated rings. The standard InChI is InChI=1S/C25H24Cl2N4O2/c1-2-13-31(17-24(32)29-22-10-9-19(26)15-21(22)27)25(33)11-8-18-16-30(14-5-12-28)23-7-4-3-6-20(18)23/h3-4,6-11,15-16H,2,5,13-14,17H2,1H3,(H,29,32)/b11-8+. The molecule has 0 aliphatic rings. The second kappa shape index (κ2) is 11.6. The van der Waals surface area contributed by atoms with Crippen molar-refractivity contribution in [1.82, 2.24) is 9.47 Å². The van der Waals surface area contributed by atoms with Gasteiger partial charge < -0.3 is 14.8 Å². The van der Waals surface area contributed by atoms with Gasteiger partial charge in [0.15, 0.2) is 0 Å². The van der Waals surface area contributed by atoms with E-state index in [0.29, 0.717) is 41.7 Å². The van der Waals surface area contributed by atoms with Crippen molar-refractivity contribution >= 4 is 57.7 Å². The van der Waals surface area contributed by atoms with Crippen LogP contribution in [0.25, 0.3) is 17.0 Å². The molecule has 170 valence electrons. The Balaban J connectivity index is 1.73. The van der Waals surface area contributed by atoms with Crippen molar-refractivity contribution in [3.05, 3.63) is 70.3 Å². The number of para-hydroxylation sites is 1. The molecule has 1 heterocycles. The Morgan fingerprint density at radius 2 is 2.00 bits per heavy atom. The van der Waals surface area contributed by atoms with Crippen molar-refractivity contribution in [3.63, 3.8) is 0 Å². The molecule has 1 N–H and O–H groups in total. The first kappa shape index (κ1) is 24.4. The molecule has 33 heavy (non-hydrogen) atoms. The van der Waals surface area contributed by atoms with Crippen molar-refractivity contribution in [2.45, 2.75) is 26.3 Å². The first-order valence-corrected chi connectivity index (χ1v) is 11.3. The number of hydrogen-bond acceptors (Lipinski definition) is 3. The van der Waals surface area contributed by atoms with Gasteiger partial charge in [-0.1, -0.05) is 48.3 Å². The third-order valence-electron chi connectivity index (χ3n) is 5.03. The van der Waals surface area contributed by atoms with E-state index in [9.17, 15) is 9.59 Å². The number of rotatable bonds is 9. The van der Waals surface area contributed by atoms with E-state index in [1.165, 1.54) is 11.0 Å². The molecule has 0 saturated carbocycles. The number of anilines is 1. The van der Waals surface area contributed by atoms with E-state index in [1.54, 1.807) is 24.3 Å². The molecule has 0 aliphatic carbocycles. The number of aromatic nitrogens is 1. The zero-order valence-electron chi connectivity index (χ0n) is 18.2. The second-order valence-corrected chi connectivity index (χ2v) is 8.31. The monoisotopic (exact) mass is 482 g/mol. The Kier molecular flexibility index (Phi) is 8.53. The number of halogens is 2. The van der Waals surface area contributed by atoms with Crippen LogP contribution in [0.1, 0.15) is 25.3 Å². The molecule has 1 aromatic heterocycles. The van der Waals surface area contributed by atoms with Crippen LogP contribution in [0.3, 0.4) is 0 Å². The lowest BCUT2D eigenvalue weighted by Crippen LogP contribution is -2.37. The predicted octanol–water partition coefficient (Wildman–Crippen LogP) is 5.75. The molecule has 0 spiro atoms. The SMILES string of the molecule is CCCN(CC(=O)Nc1ccc(Cl)cc1Cl)C(=O)/C=C/c1cn(CCC#N)c2ccccc12. The van der Waals surface area contributed by atoms with Gasteiger partial charge >= 0.3 is 0 Å². The number of nitrogens with one attached hydrogen (secondary N) is 1. The molecule has 6 nitrogen and oxygen atoms in total. The lowest BCUT2D eigenvalue weighted by Gasteiger charge is -2.20. The smallest absolute Gasteiger partial charge is 0.247 e. The van der Waals surface area contributed by atoms with Crippen molar-refractivity contribution in [2.24, 2.45) is 0 Å². The minimum atomic E-state index is -0.345. The van der Waals surface area contributed by atoms with Crippen LogP contribution in [0, 0.1) is 11.3 Å². The average molecular weight is 483 g/mol. The van der Waals surface area contributed by atoms with Crippen LogP contribution in [0.5, 0.6) is 0 Å². The zero-order chi connectivity index (χ0) is 23.8. The number of amides is 2. The Labute approximate surface area is 203 Å². The summed E-state index contributed by atoms with van der Waals surface area (Å²) in [6.07, 6.45) is 6.28. The fourth-order valence-electron chi connectivity index (χ4n) is 3.52. The number of benzene rings is 2.